The van der Waals surface area contributed by atoms with Crippen LogP contribution in [0.5, 0.6) is 11.5 Å². The smallest absolute Gasteiger partial charge is 0.313 e. The number of hydrogen-bond acceptors (Lipinski definition) is 8. The molecule has 12 heteroatoms. The molecule has 0 amide bonds. The molecule has 5 rings (SSSR count). The summed E-state index contributed by atoms with van der Waals surface area (Å²) in [4.78, 5) is 13.2. The lowest BCUT2D eigenvalue weighted by molar-refractivity contribution is -0.142. The van der Waals surface area contributed by atoms with Gasteiger partial charge >= 0.3 is 5.97 Å². The van der Waals surface area contributed by atoms with Gasteiger partial charge in [-0.15, -0.1) is 10.2 Å². The van der Waals surface area contributed by atoms with E-state index in [-0.39, 0.29) is 30.2 Å². The van der Waals surface area contributed by atoms with Crippen LogP contribution in [0.3, 0.4) is 0 Å². The number of carbonyl (C=O) groups excluding carboxylic acids is 1. The average Bonchev–Trinajstić information content (AvgIpc) is 3.56. The fourth-order valence-corrected chi connectivity index (χ4v) is 4.94. The summed E-state index contributed by atoms with van der Waals surface area (Å²) in [5.74, 6) is -0.0459. The molecule has 0 bridgehead atoms. The van der Waals surface area contributed by atoms with E-state index in [4.69, 9.17) is 30.5 Å². The van der Waals surface area contributed by atoms with Crippen molar-refractivity contribution in [2.24, 2.45) is 0 Å². The lowest BCUT2D eigenvalue weighted by Crippen LogP contribution is -2.16. The number of nitrogens with zero attached hydrogens (tertiary/aromatic N) is 5. The number of benzene rings is 2. The molecule has 4 aromatic rings. The first-order chi connectivity index (χ1) is 18.9. The Morgan fingerprint density at radius 2 is 2.03 bits per heavy atom. The summed E-state index contributed by atoms with van der Waals surface area (Å²) in [7, 11) is 2.95. The molecule has 0 radical (unpaired) electrons. The van der Waals surface area contributed by atoms with Crippen LogP contribution >= 0.6 is 11.6 Å². The third-order valence-electron chi connectivity index (χ3n) is 6.43. The Bertz CT molecular complexity index is 1490. The molecule has 0 fully saturated rings. The number of methoxy groups -OCH3 is 2. The molecule has 0 N–H and O–H groups in total. The Morgan fingerprint density at radius 3 is 2.79 bits per heavy atom. The fourth-order valence-electron chi connectivity index (χ4n) is 4.76. The van der Waals surface area contributed by atoms with Crippen LogP contribution in [0.15, 0.2) is 48.7 Å². The van der Waals surface area contributed by atoms with Crippen molar-refractivity contribution < 1.29 is 28.1 Å². The summed E-state index contributed by atoms with van der Waals surface area (Å²) < 4.78 is 40.2. The summed E-state index contributed by atoms with van der Waals surface area (Å²) in [5.41, 5.74) is 2.53. The standard InChI is InChI=1S/C27H27ClFN5O5/c1-4-38-24(35)15-23-30-32-34(31-23)13-11-21-20-6-5-12-33(20)19-9-7-16(28)14-17(19)26(39-21)25-18(29)8-10-22(36-2)27(25)37-3/h5-10,12,14,21,26H,4,11,13,15H2,1-3H3/t21-,26+/m0/s1. The zero-order valence-electron chi connectivity index (χ0n) is 21.6. The molecule has 2 aromatic heterocycles. The van der Waals surface area contributed by atoms with Gasteiger partial charge in [-0.25, -0.2) is 4.39 Å². The van der Waals surface area contributed by atoms with Crippen LogP contribution in [0.4, 0.5) is 4.39 Å². The van der Waals surface area contributed by atoms with Crippen LogP contribution in [0.2, 0.25) is 5.02 Å². The largest absolute Gasteiger partial charge is 0.493 e. The number of tetrazole rings is 1. The van der Waals surface area contributed by atoms with Crippen LogP contribution in [0, 0.1) is 5.82 Å². The molecule has 39 heavy (non-hydrogen) atoms. The SMILES string of the molecule is CCOC(=O)Cc1nnn(CC[C@@H]2O[C@@H](c3c(F)ccc(OC)c3OC)c3cc(Cl)ccc3-n3cccc32)n1. The van der Waals surface area contributed by atoms with Gasteiger partial charge in [0.1, 0.15) is 24.4 Å². The summed E-state index contributed by atoms with van der Waals surface area (Å²) in [5, 5.41) is 12.8. The predicted molar refractivity (Wildman–Crippen MR) is 139 cm³/mol. The number of rotatable bonds is 9. The van der Waals surface area contributed by atoms with E-state index in [0.717, 1.165) is 11.4 Å². The second kappa shape index (κ2) is 11.4. The fraction of sp³-hybridized carbons (Fsp3) is 0.333. The van der Waals surface area contributed by atoms with E-state index >= 15 is 4.39 Å². The van der Waals surface area contributed by atoms with Crippen molar-refractivity contribution in [3.63, 3.8) is 0 Å². The van der Waals surface area contributed by atoms with Gasteiger partial charge in [-0.3, -0.25) is 4.79 Å². The molecule has 2 aromatic carbocycles. The van der Waals surface area contributed by atoms with Crippen LogP contribution in [0.1, 0.15) is 48.2 Å². The summed E-state index contributed by atoms with van der Waals surface area (Å²) in [6.45, 7) is 2.34. The quantitative estimate of drug-likeness (QED) is 0.275. The van der Waals surface area contributed by atoms with Gasteiger partial charge in [0.05, 0.1) is 44.3 Å². The van der Waals surface area contributed by atoms with E-state index in [0.29, 0.717) is 29.3 Å². The van der Waals surface area contributed by atoms with E-state index in [9.17, 15) is 4.79 Å². The normalized spacial score (nSPS) is 16.2. The number of fused-ring (bicyclic) bond motifs is 3. The molecule has 10 nitrogen and oxygen atoms in total. The van der Waals surface area contributed by atoms with Crippen LogP contribution in [0.25, 0.3) is 5.69 Å². The number of aryl methyl sites for hydroxylation is 1. The van der Waals surface area contributed by atoms with Crippen molar-refractivity contribution in [3.8, 4) is 17.2 Å². The first kappa shape index (κ1) is 26.6. The monoisotopic (exact) mass is 555 g/mol. The number of ether oxygens (including phenoxy) is 4. The topological polar surface area (TPSA) is 103 Å². The van der Waals surface area contributed by atoms with Gasteiger partial charge in [0, 0.05) is 23.2 Å². The van der Waals surface area contributed by atoms with Crippen molar-refractivity contribution in [1.82, 2.24) is 24.8 Å². The number of esters is 1. The molecule has 204 valence electrons. The van der Waals surface area contributed by atoms with E-state index in [1.165, 1.54) is 31.1 Å². The highest BCUT2D eigenvalue weighted by Crippen LogP contribution is 2.47. The molecule has 0 saturated carbocycles. The van der Waals surface area contributed by atoms with Gasteiger partial charge in [-0.05, 0) is 54.6 Å². The molecular weight excluding hydrogens is 529 g/mol. The first-order valence-electron chi connectivity index (χ1n) is 12.4. The summed E-state index contributed by atoms with van der Waals surface area (Å²) in [6.07, 6.45) is 0.892. The molecule has 0 spiro atoms. The Hall–Kier alpha value is -3.96. The van der Waals surface area contributed by atoms with Crippen molar-refractivity contribution in [3.05, 3.63) is 82.1 Å². The second-order valence-electron chi connectivity index (χ2n) is 8.78. The summed E-state index contributed by atoms with van der Waals surface area (Å²) >= 11 is 6.42. The maximum absolute atomic E-state index is 15.5. The zero-order chi connectivity index (χ0) is 27.5. The van der Waals surface area contributed by atoms with E-state index in [1.54, 1.807) is 19.1 Å². The maximum atomic E-state index is 15.5. The Morgan fingerprint density at radius 1 is 1.18 bits per heavy atom. The van der Waals surface area contributed by atoms with E-state index in [1.807, 2.05) is 29.0 Å². The molecule has 1 aliphatic rings. The summed E-state index contributed by atoms with van der Waals surface area (Å²) in [6, 6.07) is 12.1. The van der Waals surface area contributed by atoms with Gasteiger partial charge in [-0.1, -0.05) is 11.6 Å². The van der Waals surface area contributed by atoms with Gasteiger partial charge in [-0.2, -0.15) is 4.80 Å². The van der Waals surface area contributed by atoms with Crippen LogP contribution in [-0.4, -0.2) is 51.6 Å². The molecule has 1 aliphatic heterocycles. The van der Waals surface area contributed by atoms with Gasteiger partial charge in [0.25, 0.3) is 0 Å². The minimum Gasteiger partial charge on any atom is -0.493 e. The minimum atomic E-state index is -0.878. The molecule has 0 aliphatic carbocycles. The van der Waals surface area contributed by atoms with Crippen LogP contribution in [-0.2, 0) is 27.2 Å². The lowest BCUT2D eigenvalue weighted by Gasteiger charge is -2.25. The van der Waals surface area contributed by atoms with Gasteiger partial charge < -0.3 is 23.5 Å². The van der Waals surface area contributed by atoms with E-state index in [2.05, 4.69) is 15.4 Å². The van der Waals surface area contributed by atoms with Crippen molar-refractivity contribution in [1.29, 1.82) is 0 Å². The molecule has 3 heterocycles. The van der Waals surface area contributed by atoms with Crippen molar-refractivity contribution in [2.45, 2.75) is 38.5 Å². The second-order valence-corrected chi connectivity index (χ2v) is 9.22. The minimum absolute atomic E-state index is 0.0658. The highest BCUT2D eigenvalue weighted by atomic mass is 35.5. The number of carbonyl (C=O) groups is 1. The molecule has 0 saturated heterocycles. The molecule has 0 unspecified atom stereocenters. The Balaban J connectivity index is 1.52. The Kier molecular flexibility index (Phi) is 7.80. The lowest BCUT2D eigenvalue weighted by atomic mass is 9.97. The van der Waals surface area contributed by atoms with Crippen molar-refractivity contribution >= 4 is 17.6 Å². The van der Waals surface area contributed by atoms with Gasteiger partial charge in [0.2, 0.25) is 0 Å². The highest BCUT2D eigenvalue weighted by molar-refractivity contribution is 6.30. The first-order valence-corrected chi connectivity index (χ1v) is 12.8. The number of halogens is 2. The predicted octanol–water partition coefficient (Wildman–Crippen LogP) is 4.63. The molecule has 2 atom stereocenters. The average molecular weight is 556 g/mol. The highest BCUT2D eigenvalue weighted by Gasteiger charge is 2.35. The number of hydrogen-bond donors (Lipinski definition) is 0. The third kappa shape index (κ3) is 5.32. The third-order valence-corrected chi connectivity index (χ3v) is 6.66. The van der Waals surface area contributed by atoms with Gasteiger partial charge in [0.15, 0.2) is 17.3 Å². The molecular formula is C27H27ClFN5O5. The van der Waals surface area contributed by atoms with E-state index < -0.39 is 24.0 Å². The maximum Gasteiger partial charge on any atom is 0.313 e. The van der Waals surface area contributed by atoms with Crippen molar-refractivity contribution in [2.75, 3.05) is 20.8 Å². The Labute approximate surface area is 229 Å². The van der Waals surface area contributed by atoms with Crippen LogP contribution < -0.4 is 9.47 Å². The number of aromatic nitrogens is 5. The zero-order valence-corrected chi connectivity index (χ0v) is 22.4.